The van der Waals surface area contributed by atoms with E-state index in [1.165, 1.54) is 4.90 Å². The smallest absolute Gasteiger partial charge is 0.248 e. The molecular weight excluding hydrogens is 446 g/mol. The molecule has 3 unspecified atom stereocenters. The number of likely N-dealkylation sites (N-methyl/N-ethyl adjacent to an activating group) is 1. The molecule has 0 aromatic carbocycles. The molecule has 2 bridgehead atoms. The fourth-order valence-corrected chi connectivity index (χ4v) is 6.59. The minimum absolute atomic E-state index is 0.0229. The highest BCUT2D eigenvalue weighted by atomic mass is 16.5. The molecule has 3 saturated heterocycles. The van der Waals surface area contributed by atoms with Crippen molar-refractivity contribution in [2.75, 3.05) is 33.3 Å². The molecule has 7 atom stereocenters. The highest BCUT2D eigenvalue weighted by Crippen LogP contribution is 2.65. The summed E-state index contributed by atoms with van der Waals surface area (Å²) >= 11 is 0. The molecule has 1 spiro atoms. The number of fused-ring (bicyclic) bond motifs is 1. The third kappa shape index (κ3) is 4.22. The minimum Gasteiger partial charge on any atom is -0.394 e. The van der Waals surface area contributed by atoms with Gasteiger partial charge in [-0.3, -0.25) is 14.4 Å². The number of aliphatic hydroxyl groups excluding tert-OH is 1. The van der Waals surface area contributed by atoms with Crippen molar-refractivity contribution in [3.63, 3.8) is 0 Å². The summed E-state index contributed by atoms with van der Waals surface area (Å²) in [6.45, 7) is 16.4. The predicted molar refractivity (Wildman–Crippen MR) is 134 cm³/mol. The predicted octanol–water partition coefficient (Wildman–Crippen LogP) is 2.23. The van der Waals surface area contributed by atoms with Gasteiger partial charge in [-0.25, -0.2) is 0 Å². The number of rotatable bonds is 12. The van der Waals surface area contributed by atoms with Crippen LogP contribution in [0.25, 0.3) is 0 Å². The Morgan fingerprint density at radius 1 is 1.26 bits per heavy atom. The number of carbonyl (C=O) groups is 3. The summed E-state index contributed by atoms with van der Waals surface area (Å²) in [6, 6.07) is -1.47. The van der Waals surface area contributed by atoms with E-state index < -0.39 is 35.1 Å². The minimum atomic E-state index is -1.11. The van der Waals surface area contributed by atoms with E-state index in [-0.39, 0.29) is 30.2 Å². The van der Waals surface area contributed by atoms with Crippen LogP contribution in [0.4, 0.5) is 0 Å². The Balaban J connectivity index is 2.10. The molecule has 1 N–H and O–H groups in total. The van der Waals surface area contributed by atoms with Crippen LogP contribution in [0.15, 0.2) is 25.3 Å². The maximum Gasteiger partial charge on any atom is 0.248 e. The number of hydrogen-bond donors (Lipinski definition) is 1. The molecular formula is C27H43N3O5. The van der Waals surface area contributed by atoms with Gasteiger partial charge < -0.3 is 24.5 Å². The van der Waals surface area contributed by atoms with E-state index in [4.69, 9.17) is 4.74 Å². The second-order valence-electron chi connectivity index (χ2n) is 10.8. The van der Waals surface area contributed by atoms with Gasteiger partial charge in [0.05, 0.1) is 30.1 Å². The Labute approximate surface area is 210 Å². The van der Waals surface area contributed by atoms with Crippen LogP contribution in [-0.4, -0.2) is 94.1 Å². The summed E-state index contributed by atoms with van der Waals surface area (Å²) in [7, 11) is 1.70. The molecule has 3 aliphatic rings. The fourth-order valence-electron chi connectivity index (χ4n) is 6.59. The molecule has 3 heterocycles. The quantitative estimate of drug-likeness (QED) is 0.335. The zero-order valence-corrected chi connectivity index (χ0v) is 22.0. The normalized spacial score (nSPS) is 34.0. The van der Waals surface area contributed by atoms with Crippen molar-refractivity contribution >= 4 is 17.7 Å². The van der Waals surface area contributed by atoms with Gasteiger partial charge in [-0.15, -0.1) is 13.2 Å². The van der Waals surface area contributed by atoms with E-state index in [0.717, 1.165) is 19.3 Å². The number of likely N-dealkylation sites (tertiary alicyclic amines) is 1. The maximum atomic E-state index is 14.2. The lowest BCUT2D eigenvalue weighted by Crippen LogP contribution is -2.58. The molecule has 0 saturated carbocycles. The average Bonchev–Trinajstić information content (AvgIpc) is 3.34. The zero-order valence-electron chi connectivity index (χ0n) is 22.0. The zero-order chi connectivity index (χ0) is 26.1. The van der Waals surface area contributed by atoms with Gasteiger partial charge >= 0.3 is 0 Å². The van der Waals surface area contributed by atoms with E-state index in [1.54, 1.807) is 35.9 Å². The number of carbonyl (C=O) groups excluding carboxylic acids is 3. The Morgan fingerprint density at radius 3 is 2.49 bits per heavy atom. The van der Waals surface area contributed by atoms with Crippen LogP contribution >= 0.6 is 0 Å². The average molecular weight is 490 g/mol. The maximum absolute atomic E-state index is 14.2. The molecule has 3 rings (SSSR count). The summed E-state index contributed by atoms with van der Waals surface area (Å²) < 4.78 is 6.74. The van der Waals surface area contributed by atoms with Gasteiger partial charge in [0.1, 0.15) is 11.6 Å². The van der Waals surface area contributed by atoms with Crippen LogP contribution in [0.1, 0.15) is 53.4 Å². The lowest BCUT2D eigenvalue weighted by Gasteiger charge is -2.39. The van der Waals surface area contributed by atoms with Crippen molar-refractivity contribution in [2.45, 2.75) is 76.7 Å². The second kappa shape index (κ2) is 10.4. The monoisotopic (exact) mass is 489 g/mol. The number of unbranched alkanes of at least 4 members (excludes halogenated alkanes) is 2. The van der Waals surface area contributed by atoms with Gasteiger partial charge in [0, 0.05) is 26.7 Å². The van der Waals surface area contributed by atoms with E-state index >= 15 is 0 Å². The first kappa shape index (κ1) is 27.4. The molecule has 196 valence electrons. The Kier molecular flexibility index (Phi) is 8.16. The third-order valence-electron chi connectivity index (χ3n) is 8.46. The van der Waals surface area contributed by atoms with E-state index in [1.807, 2.05) is 13.8 Å². The molecule has 8 heteroatoms. The Hall–Kier alpha value is -2.19. The lowest BCUT2D eigenvalue weighted by molar-refractivity contribution is -0.156. The number of ether oxygens (including phenoxy) is 1. The molecule has 0 aromatic heterocycles. The first-order valence-corrected chi connectivity index (χ1v) is 12.9. The van der Waals surface area contributed by atoms with Crippen LogP contribution in [0.3, 0.4) is 0 Å². The first-order chi connectivity index (χ1) is 16.5. The topological polar surface area (TPSA) is 90.4 Å². The highest BCUT2D eigenvalue weighted by molar-refractivity contribution is 5.99. The molecule has 0 radical (unpaired) electrons. The summed E-state index contributed by atoms with van der Waals surface area (Å²) in [5.41, 5.74) is -1.96. The third-order valence-corrected chi connectivity index (χ3v) is 8.46. The van der Waals surface area contributed by atoms with Crippen LogP contribution in [-0.2, 0) is 19.1 Å². The van der Waals surface area contributed by atoms with Gasteiger partial charge in [0.2, 0.25) is 17.7 Å². The second-order valence-corrected chi connectivity index (χ2v) is 10.8. The molecule has 3 amide bonds. The number of hydrogen-bond acceptors (Lipinski definition) is 5. The molecule has 0 aromatic rings. The molecule has 3 aliphatic heterocycles. The SMILES string of the molecule is C=CCN(C)C(=O)[C@H]1[C@H]2C(=O)N([C@H](C)CO)C(C(=O)N(CC=C)CCCCC)C23CC(C)[C@]1(C)O3. The van der Waals surface area contributed by atoms with Crippen molar-refractivity contribution in [1.29, 1.82) is 0 Å². The Bertz CT molecular complexity index is 862. The number of aliphatic hydroxyl groups is 1. The summed E-state index contributed by atoms with van der Waals surface area (Å²) in [5, 5.41) is 10.0. The Morgan fingerprint density at radius 2 is 1.91 bits per heavy atom. The summed E-state index contributed by atoms with van der Waals surface area (Å²) in [6.07, 6.45) is 6.73. The van der Waals surface area contributed by atoms with Gasteiger partial charge in [0.25, 0.3) is 0 Å². The van der Waals surface area contributed by atoms with Gasteiger partial charge in [-0.05, 0) is 32.6 Å². The summed E-state index contributed by atoms with van der Waals surface area (Å²) in [5.74, 6) is -2.14. The highest BCUT2D eigenvalue weighted by Gasteiger charge is 2.80. The lowest BCUT2D eigenvalue weighted by atomic mass is 9.62. The number of amides is 3. The molecule has 35 heavy (non-hydrogen) atoms. The van der Waals surface area contributed by atoms with Gasteiger partial charge in [-0.2, -0.15) is 0 Å². The van der Waals surface area contributed by atoms with E-state index in [0.29, 0.717) is 26.1 Å². The standard InChI is InChI=1S/C27H43N3O5/c1-8-11-12-15-29(14-10-3)25(34)22-27-16-18(4)26(6,35-27)20(23(32)28(7)13-9-2)21(27)24(33)30(22)19(5)17-31/h9-10,18-22,31H,2-3,8,11-17H2,1,4-7H3/t18?,19-,20-,21+,22?,26+,27?/m1/s1. The van der Waals surface area contributed by atoms with E-state index in [2.05, 4.69) is 20.1 Å². The van der Waals surface area contributed by atoms with Crippen molar-refractivity contribution in [1.82, 2.24) is 14.7 Å². The van der Waals surface area contributed by atoms with Crippen LogP contribution in [0, 0.1) is 17.8 Å². The number of nitrogens with zero attached hydrogens (tertiary/aromatic N) is 3. The first-order valence-electron chi connectivity index (χ1n) is 12.9. The van der Waals surface area contributed by atoms with Gasteiger partial charge in [0.15, 0.2) is 0 Å². The largest absolute Gasteiger partial charge is 0.394 e. The molecule has 3 fully saturated rings. The van der Waals surface area contributed by atoms with E-state index in [9.17, 15) is 19.5 Å². The van der Waals surface area contributed by atoms with Crippen LogP contribution in [0.2, 0.25) is 0 Å². The fraction of sp³-hybridized carbons (Fsp3) is 0.741. The van der Waals surface area contributed by atoms with Crippen molar-refractivity contribution in [2.24, 2.45) is 17.8 Å². The molecule has 0 aliphatic carbocycles. The van der Waals surface area contributed by atoms with Gasteiger partial charge in [-0.1, -0.05) is 38.8 Å². The van der Waals surface area contributed by atoms with Crippen LogP contribution in [0.5, 0.6) is 0 Å². The van der Waals surface area contributed by atoms with Crippen LogP contribution < -0.4 is 0 Å². The van der Waals surface area contributed by atoms with Crippen molar-refractivity contribution in [3.05, 3.63) is 25.3 Å². The van der Waals surface area contributed by atoms with Crippen molar-refractivity contribution in [3.8, 4) is 0 Å². The van der Waals surface area contributed by atoms with Crippen molar-refractivity contribution < 1.29 is 24.2 Å². The summed E-state index contributed by atoms with van der Waals surface area (Å²) in [4.78, 5) is 46.7. The molecule has 8 nitrogen and oxygen atoms in total.